The van der Waals surface area contributed by atoms with Gasteiger partial charge in [-0.15, -0.1) is 0 Å². The van der Waals surface area contributed by atoms with E-state index in [9.17, 15) is 22.4 Å². The van der Waals surface area contributed by atoms with Crippen LogP contribution in [0, 0.1) is 9.39 Å². The zero-order valence-electron chi connectivity index (χ0n) is 12.2. The summed E-state index contributed by atoms with van der Waals surface area (Å²) in [5.74, 6) is -1.09. The van der Waals surface area contributed by atoms with E-state index in [2.05, 4.69) is 27.9 Å². The summed E-state index contributed by atoms with van der Waals surface area (Å²) in [5.41, 5.74) is -1.33. The van der Waals surface area contributed by atoms with Gasteiger partial charge < -0.3 is 10.1 Å². The van der Waals surface area contributed by atoms with Crippen molar-refractivity contribution in [1.82, 2.24) is 5.32 Å². The highest BCUT2D eigenvalue weighted by molar-refractivity contribution is 14.1. The number of ether oxygens (including phenoxy) is 1. The molecule has 0 aliphatic carbocycles. The Bertz CT molecular complexity index is 717. The molecule has 2 rings (SSSR count). The largest absolute Gasteiger partial charge is 0.484 e. The van der Waals surface area contributed by atoms with Gasteiger partial charge in [0, 0.05) is 10.1 Å². The van der Waals surface area contributed by atoms with E-state index >= 15 is 0 Å². The van der Waals surface area contributed by atoms with Crippen molar-refractivity contribution in [2.75, 3.05) is 6.61 Å². The van der Waals surface area contributed by atoms with Gasteiger partial charge in [0.15, 0.2) is 6.61 Å². The number of amides is 1. The van der Waals surface area contributed by atoms with Crippen LogP contribution in [-0.2, 0) is 17.5 Å². The number of halogens is 5. The first-order valence-electron chi connectivity index (χ1n) is 6.76. The molecule has 0 radical (unpaired) electrons. The van der Waals surface area contributed by atoms with Crippen molar-refractivity contribution in [3.8, 4) is 5.75 Å². The van der Waals surface area contributed by atoms with Gasteiger partial charge in [0.05, 0.1) is 5.56 Å². The van der Waals surface area contributed by atoms with Crippen molar-refractivity contribution in [1.29, 1.82) is 0 Å². The van der Waals surface area contributed by atoms with Crippen LogP contribution in [0.4, 0.5) is 17.6 Å². The van der Waals surface area contributed by atoms with Gasteiger partial charge in [0.2, 0.25) is 0 Å². The third-order valence-corrected chi connectivity index (χ3v) is 3.76. The van der Waals surface area contributed by atoms with Gasteiger partial charge >= 0.3 is 6.18 Å². The minimum atomic E-state index is -4.69. The molecule has 0 heterocycles. The quantitative estimate of drug-likeness (QED) is 0.546. The predicted octanol–water partition coefficient (Wildman–Crippen LogP) is 4.14. The van der Waals surface area contributed by atoms with Crippen molar-refractivity contribution < 1.29 is 27.1 Å². The molecule has 0 fully saturated rings. The van der Waals surface area contributed by atoms with Gasteiger partial charge in [-0.05, 0) is 64.6 Å². The number of benzene rings is 2. The van der Waals surface area contributed by atoms with E-state index in [1.54, 1.807) is 24.3 Å². The van der Waals surface area contributed by atoms with Crippen LogP contribution in [0.1, 0.15) is 11.1 Å². The molecule has 8 heteroatoms. The minimum Gasteiger partial charge on any atom is -0.484 e. The van der Waals surface area contributed by atoms with E-state index < -0.39 is 23.5 Å². The van der Waals surface area contributed by atoms with E-state index in [4.69, 9.17) is 4.74 Å². The molecule has 24 heavy (non-hydrogen) atoms. The summed E-state index contributed by atoms with van der Waals surface area (Å²) in [6.45, 7) is -0.701. The maximum atomic E-state index is 13.0. The van der Waals surface area contributed by atoms with Gasteiger partial charge in [-0.1, -0.05) is 6.07 Å². The van der Waals surface area contributed by atoms with Crippen LogP contribution in [0.25, 0.3) is 0 Å². The first-order valence-corrected chi connectivity index (χ1v) is 7.84. The SMILES string of the molecule is O=C(COc1ccc(I)cc1)NCc1ccc(F)cc1C(F)(F)F. The lowest BCUT2D eigenvalue weighted by Gasteiger charge is -2.14. The highest BCUT2D eigenvalue weighted by Crippen LogP contribution is 2.32. The molecule has 0 saturated heterocycles. The molecular weight excluding hydrogens is 441 g/mol. The lowest BCUT2D eigenvalue weighted by molar-refractivity contribution is -0.138. The number of alkyl halides is 3. The summed E-state index contributed by atoms with van der Waals surface area (Å²) in [4.78, 5) is 11.7. The zero-order chi connectivity index (χ0) is 17.7. The van der Waals surface area contributed by atoms with E-state index in [-0.39, 0.29) is 18.7 Å². The number of hydrogen-bond acceptors (Lipinski definition) is 2. The number of carbonyl (C=O) groups is 1. The molecule has 2 aromatic rings. The Morgan fingerprint density at radius 1 is 1.12 bits per heavy atom. The number of hydrogen-bond donors (Lipinski definition) is 1. The van der Waals surface area contributed by atoms with Crippen LogP contribution in [0.15, 0.2) is 42.5 Å². The monoisotopic (exact) mass is 453 g/mol. The highest BCUT2D eigenvalue weighted by atomic mass is 127. The lowest BCUT2D eigenvalue weighted by atomic mass is 10.1. The summed E-state index contributed by atoms with van der Waals surface area (Å²) in [5, 5.41) is 2.32. The van der Waals surface area contributed by atoms with E-state index in [1.807, 2.05) is 0 Å². The van der Waals surface area contributed by atoms with Crippen LogP contribution in [0.2, 0.25) is 0 Å². The maximum Gasteiger partial charge on any atom is 0.416 e. The molecule has 0 spiro atoms. The maximum absolute atomic E-state index is 13.0. The predicted molar refractivity (Wildman–Crippen MR) is 87.9 cm³/mol. The van der Waals surface area contributed by atoms with Gasteiger partial charge in [-0.25, -0.2) is 4.39 Å². The van der Waals surface area contributed by atoms with Crippen molar-refractivity contribution in [3.63, 3.8) is 0 Å². The Labute approximate surface area is 149 Å². The van der Waals surface area contributed by atoms with E-state index in [0.29, 0.717) is 11.8 Å². The standard InChI is InChI=1S/C16H12F4INO2/c17-11-2-1-10(14(7-11)16(18,19)20)8-22-15(23)9-24-13-5-3-12(21)4-6-13/h1-7H,8-9H2,(H,22,23). The second-order valence-corrected chi connectivity index (χ2v) is 6.06. The molecule has 0 saturated carbocycles. The molecule has 2 aromatic carbocycles. The molecular formula is C16H12F4INO2. The molecule has 0 atom stereocenters. The number of rotatable bonds is 5. The fourth-order valence-corrected chi connectivity index (χ4v) is 2.25. The highest BCUT2D eigenvalue weighted by Gasteiger charge is 2.33. The van der Waals surface area contributed by atoms with Crippen molar-refractivity contribution in [2.45, 2.75) is 12.7 Å². The molecule has 128 valence electrons. The molecule has 1 N–H and O–H groups in total. The molecule has 0 aliphatic heterocycles. The van der Waals surface area contributed by atoms with Crippen LogP contribution in [0.5, 0.6) is 5.75 Å². The Hall–Kier alpha value is -1.84. The topological polar surface area (TPSA) is 38.3 Å². The Morgan fingerprint density at radius 2 is 1.79 bits per heavy atom. The average molecular weight is 453 g/mol. The minimum absolute atomic E-state index is 0.216. The zero-order valence-corrected chi connectivity index (χ0v) is 14.3. The summed E-state index contributed by atoms with van der Waals surface area (Å²) in [6, 6.07) is 9.26. The smallest absolute Gasteiger partial charge is 0.416 e. The molecule has 3 nitrogen and oxygen atoms in total. The number of nitrogens with one attached hydrogen (secondary N) is 1. The van der Waals surface area contributed by atoms with Gasteiger partial charge in [0.25, 0.3) is 5.91 Å². The molecule has 0 bridgehead atoms. The molecule has 0 unspecified atom stereocenters. The summed E-state index contributed by atoms with van der Waals surface area (Å²) in [7, 11) is 0. The molecule has 0 aliphatic rings. The van der Waals surface area contributed by atoms with Crippen molar-refractivity contribution >= 4 is 28.5 Å². The molecule has 0 aromatic heterocycles. The van der Waals surface area contributed by atoms with Gasteiger partial charge in [-0.2, -0.15) is 13.2 Å². The van der Waals surface area contributed by atoms with Crippen molar-refractivity contribution in [3.05, 3.63) is 63.0 Å². The fourth-order valence-electron chi connectivity index (χ4n) is 1.89. The van der Waals surface area contributed by atoms with Gasteiger partial charge in [-0.3, -0.25) is 4.79 Å². The summed E-state index contributed by atoms with van der Waals surface area (Å²) >= 11 is 2.12. The Kier molecular flexibility index (Phi) is 6.03. The third-order valence-electron chi connectivity index (χ3n) is 3.04. The van der Waals surface area contributed by atoms with Crippen LogP contribution in [-0.4, -0.2) is 12.5 Å². The normalized spacial score (nSPS) is 11.2. The second-order valence-electron chi connectivity index (χ2n) is 4.82. The first-order chi connectivity index (χ1) is 11.3. The average Bonchev–Trinajstić information content (AvgIpc) is 2.52. The third kappa shape index (κ3) is 5.36. The Morgan fingerprint density at radius 3 is 2.42 bits per heavy atom. The van der Waals surface area contributed by atoms with Crippen molar-refractivity contribution in [2.24, 2.45) is 0 Å². The Balaban J connectivity index is 1.93. The molecule has 1 amide bonds. The van der Waals surface area contributed by atoms with Crippen LogP contribution < -0.4 is 10.1 Å². The van der Waals surface area contributed by atoms with E-state index in [0.717, 1.165) is 15.7 Å². The summed E-state index contributed by atoms with van der Waals surface area (Å²) in [6.07, 6.45) is -4.69. The lowest BCUT2D eigenvalue weighted by Crippen LogP contribution is -2.29. The van der Waals surface area contributed by atoms with Crippen LogP contribution >= 0.6 is 22.6 Å². The number of carbonyl (C=O) groups excluding carboxylic acids is 1. The van der Waals surface area contributed by atoms with Gasteiger partial charge in [0.1, 0.15) is 11.6 Å². The van der Waals surface area contributed by atoms with E-state index in [1.165, 1.54) is 0 Å². The second kappa shape index (κ2) is 7.82. The summed E-state index contributed by atoms with van der Waals surface area (Å²) < 4.78 is 57.8. The van der Waals surface area contributed by atoms with Crippen LogP contribution in [0.3, 0.4) is 0 Å². The first kappa shape index (κ1) is 18.5. The fraction of sp³-hybridized carbons (Fsp3) is 0.188.